The molecular weight excluding hydrogens is 162 g/mol. The Bertz CT molecular complexity index is 279. The summed E-state index contributed by atoms with van der Waals surface area (Å²) < 4.78 is 0. The summed E-state index contributed by atoms with van der Waals surface area (Å²) in [4.78, 5) is 11.5. The van der Waals surface area contributed by atoms with Gasteiger partial charge in [-0.15, -0.1) is 0 Å². The van der Waals surface area contributed by atoms with Gasteiger partial charge >= 0.3 is 0 Å². The predicted molar refractivity (Wildman–Crippen MR) is 53.5 cm³/mol. The fourth-order valence-corrected chi connectivity index (χ4v) is 1.30. The van der Waals surface area contributed by atoms with E-state index < -0.39 is 0 Å². The average molecular weight is 177 g/mol. The maximum absolute atomic E-state index is 11.5. The summed E-state index contributed by atoms with van der Waals surface area (Å²) in [5.41, 5.74) is 6.56. The Balaban J connectivity index is 2.80. The molecule has 0 aliphatic rings. The molecule has 0 radical (unpaired) electrons. The molecule has 1 aromatic rings. The first kappa shape index (κ1) is 9.93. The Morgan fingerprint density at radius 1 is 1.23 bits per heavy atom. The van der Waals surface area contributed by atoms with Gasteiger partial charge in [-0.25, -0.2) is 0 Å². The van der Waals surface area contributed by atoms with Crippen molar-refractivity contribution in [2.75, 3.05) is 0 Å². The number of Topliss-reactive ketones (excluding diaryl/α,β-unsaturated/α-hetero) is 1. The van der Waals surface area contributed by atoms with Crippen LogP contribution < -0.4 is 5.73 Å². The third kappa shape index (κ3) is 2.39. The van der Waals surface area contributed by atoms with Gasteiger partial charge in [-0.2, -0.15) is 0 Å². The van der Waals surface area contributed by atoms with E-state index in [0.29, 0.717) is 0 Å². The van der Waals surface area contributed by atoms with Crippen LogP contribution in [0.3, 0.4) is 0 Å². The molecule has 2 nitrogen and oxygen atoms in total. The van der Waals surface area contributed by atoms with Crippen LogP contribution >= 0.6 is 0 Å². The number of carbonyl (C=O) groups excluding carboxylic acids is 1. The second-order valence-electron chi connectivity index (χ2n) is 3.32. The summed E-state index contributed by atoms with van der Waals surface area (Å²) in [6, 6.07) is 9.32. The number of ketones is 1. The van der Waals surface area contributed by atoms with E-state index >= 15 is 0 Å². The molecule has 0 aliphatic heterocycles. The molecule has 2 heteroatoms. The maximum atomic E-state index is 11.5. The number of nitrogens with two attached hydrogens (primary N) is 1. The molecule has 0 heterocycles. The van der Waals surface area contributed by atoms with Crippen LogP contribution in [0.15, 0.2) is 30.3 Å². The zero-order valence-electron chi connectivity index (χ0n) is 8.03. The van der Waals surface area contributed by atoms with Gasteiger partial charge < -0.3 is 5.73 Å². The zero-order chi connectivity index (χ0) is 9.84. The first-order valence-corrected chi connectivity index (χ1v) is 4.47. The zero-order valence-corrected chi connectivity index (χ0v) is 8.03. The van der Waals surface area contributed by atoms with E-state index in [0.717, 1.165) is 5.56 Å². The highest BCUT2D eigenvalue weighted by molar-refractivity contribution is 5.89. The number of rotatable bonds is 3. The molecule has 0 aromatic heterocycles. The highest BCUT2D eigenvalue weighted by Crippen LogP contribution is 2.16. The molecule has 0 aliphatic carbocycles. The number of hydrogen-bond acceptors (Lipinski definition) is 2. The van der Waals surface area contributed by atoms with Crippen LogP contribution in [0, 0.1) is 0 Å². The Morgan fingerprint density at radius 2 is 1.77 bits per heavy atom. The summed E-state index contributed by atoms with van der Waals surface area (Å²) >= 11 is 0. The molecule has 0 fully saturated rings. The van der Waals surface area contributed by atoms with E-state index in [9.17, 15) is 4.79 Å². The Hall–Kier alpha value is -1.15. The predicted octanol–water partition coefficient (Wildman–Crippen LogP) is 1.71. The molecule has 13 heavy (non-hydrogen) atoms. The summed E-state index contributed by atoms with van der Waals surface area (Å²) in [5.74, 6) is -0.00704. The van der Waals surface area contributed by atoms with Gasteiger partial charge in [0.15, 0.2) is 5.78 Å². The normalized spacial score (nSPS) is 15.0. The summed E-state index contributed by atoms with van der Waals surface area (Å²) in [5, 5.41) is 0. The van der Waals surface area contributed by atoms with Crippen molar-refractivity contribution in [2.24, 2.45) is 5.73 Å². The van der Waals surface area contributed by atoms with E-state index in [1.54, 1.807) is 6.92 Å². The molecule has 0 bridgehead atoms. The van der Waals surface area contributed by atoms with Crippen molar-refractivity contribution in [3.05, 3.63) is 35.9 Å². The van der Waals surface area contributed by atoms with E-state index in [4.69, 9.17) is 5.73 Å². The average Bonchev–Trinajstić information content (AvgIpc) is 2.17. The molecule has 2 unspecified atom stereocenters. The molecule has 0 amide bonds. The fraction of sp³-hybridized carbons (Fsp3) is 0.364. The smallest absolute Gasteiger partial charge is 0.156 e. The molecule has 1 aromatic carbocycles. The minimum atomic E-state index is -0.379. The van der Waals surface area contributed by atoms with Gasteiger partial charge in [0.1, 0.15) is 0 Å². The van der Waals surface area contributed by atoms with E-state index in [2.05, 4.69) is 0 Å². The van der Waals surface area contributed by atoms with Crippen LogP contribution in [0.2, 0.25) is 0 Å². The molecule has 70 valence electrons. The molecule has 0 saturated carbocycles. The van der Waals surface area contributed by atoms with Crippen LogP contribution in [0.5, 0.6) is 0 Å². The fourth-order valence-electron chi connectivity index (χ4n) is 1.30. The van der Waals surface area contributed by atoms with Crippen molar-refractivity contribution in [2.45, 2.75) is 25.8 Å². The second kappa shape index (κ2) is 4.19. The number of benzene rings is 1. The standard InChI is InChI=1S/C11H15NO/c1-8(11(13)9(2)12)10-6-4-3-5-7-10/h3-9H,12H2,1-2H3. The highest BCUT2D eigenvalue weighted by Gasteiger charge is 2.17. The minimum absolute atomic E-state index is 0.0891. The van der Waals surface area contributed by atoms with Crippen molar-refractivity contribution < 1.29 is 4.79 Å². The lowest BCUT2D eigenvalue weighted by atomic mass is 9.93. The monoisotopic (exact) mass is 177 g/mol. The number of carbonyl (C=O) groups is 1. The van der Waals surface area contributed by atoms with Gasteiger partial charge in [0, 0.05) is 5.92 Å². The van der Waals surface area contributed by atoms with Gasteiger partial charge in [-0.05, 0) is 12.5 Å². The highest BCUT2D eigenvalue weighted by atomic mass is 16.1. The lowest BCUT2D eigenvalue weighted by Gasteiger charge is -2.12. The summed E-state index contributed by atoms with van der Waals surface area (Å²) in [7, 11) is 0. The maximum Gasteiger partial charge on any atom is 0.156 e. The summed E-state index contributed by atoms with van der Waals surface area (Å²) in [6.07, 6.45) is 0. The van der Waals surface area contributed by atoms with Crippen LogP contribution in [0.4, 0.5) is 0 Å². The molecule has 2 N–H and O–H groups in total. The van der Waals surface area contributed by atoms with Gasteiger partial charge in [0.2, 0.25) is 0 Å². The van der Waals surface area contributed by atoms with Crippen LogP contribution in [0.25, 0.3) is 0 Å². The van der Waals surface area contributed by atoms with E-state index in [1.165, 1.54) is 0 Å². The first-order valence-electron chi connectivity index (χ1n) is 4.47. The van der Waals surface area contributed by atoms with Crippen molar-refractivity contribution in [1.82, 2.24) is 0 Å². The molecule has 0 spiro atoms. The van der Waals surface area contributed by atoms with Crippen molar-refractivity contribution in [1.29, 1.82) is 0 Å². The van der Waals surface area contributed by atoms with Gasteiger partial charge in [0.05, 0.1) is 6.04 Å². The second-order valence-corrected chi connectivity index (χ2v) is 3.32. The van der Waals surface area contributed by atoms with Crippen LogP contribution in [0.1, 0.15) is 25.3 Å². The SMILES string of the molecule is CC(N)C(=O)C(C)c1ccccc1. The summed E-state index contributed by atoms with van der Waals surface area (Å²) in [6.45, 7) is 3.61. The molecule has 2 atom stereocenters. The van der Waals surface area contributed by atoms with Gasteiger partial charge in [-0.1, -0.05) is 37.3 Å². The third-order valence-electron chi connectivity index (χ3n) is 2.18. The Kier molecular flexibility index (Phi) is 3.20. The van der Waals surface area contributed by atoms with Crippen LogP contribution in [-0.2, 0) is 4.79 Å². The van der Waals surface area contributed by atoms with Crippen molar-refractivity contribution >= 4 is 5.78 Å². The Morgan fingerprint density at radius 3 is 2.23 bits per heavy atom. The lowest BCUT2D eigenvalue weighted by molar-refractivity contribution is -0.121. The molecular formula is C11H15NO. The molecule has 0 saturated heterocycles. The first-order chi connectivity index (χ1) is 6.13. The largest absolute Gasteiger partial charge is 0.322 e. The number of hydrogen-bond donors (Lipinski definition) is 1. The Labute approximate surface area is 78.8 Å². The third-order valence-corrected chi connectivity index (χ3v) is 2.18. The molecule has 1 rings (SSSR count). The quantitative estimate of drug-likeness (QED) is 0.763. The van der Waals surface area contributed by atoms with E-state index in [-0.39, 0.29) is 17.7 Å². The minimum Gasteiger partial charge on any atom is -0.322 e. The van der Waals surface area contributed by atoms with Crippen molar-refractivity contribution in [3.8, 4) is 0 Å². The van der Waals surface area contributed by atoms with Gasteiger partial charge in [-0.3, -0.25) is 4.79 Å². The van der Waals surface area contributed by atoms with Crippen LogP contribution in [-0.4, -0.2) is 11.8 Å². The lowest BCUT2D eigenvalue weighted by Crippen LogP contribution is -2.30. The van der Waals surface area contributed by atoms with Crippen molar-refractivity contribution in [3.63, 3.8) is 0 Å². The topological polar surface area (TPSA) is 43.1 Å². The van der Waals surface area contributed by atoms with E-state index in [1.807, 2.05) is 37.3 Å². The van der Waals surface area contributed by atoms with Gasteiger partial charge in [0.25, 0.3) is 0 Å².